The monoisotopic (exact) mass is 395 g/mol. The van der Waals surface area contributed by atoms with Crippen LogP contribution in [0.2, 0.25) is 0 Å². The van der Waals surface area contributed by atoms with Crippen LogP contribution in [-0.2, 0) is 4.79 Å². The topological polar surface area (TPSA) is 47.6 Å². The Morgan fingerprint density at radius 2 is 1.74 bits per heavy atom. The van der Waals surface area contributed by atoms with E-state index in [-0.39, 0.29) is 11.2 Å². The number of hydrogen-bond donors (Lipinski definition) is 1. The molecule has 0 aromatic heterocycles. The Bertz CT molecular complexity index is 676. The van der Waals surface area contributed by atoms with Crippen molar-refractivity contribution >= 4 is 39.3 Å². The molecule has 0 radical (unpaired) electrons. The average Bonchev–Trinajstić information content (AvgIpc) is 2.56. The van der Waals surface area contributed by atoms with Gasteiger partial charge >= 0.3 is 0 Å². The summed E-state index contributed by atoms with van der Waals surface area (Å²) in [7, 11) is 3.19. The maximum Gasteiger partial charge on any atom is 0.237 e. The van der Waals surface area contributed by atoms with Gasteiger partial charge < -0.3 is 14.8 Å². The van der Waals surface area contributed by atoms with E-state index in [1.807, 2.05) is 49.4 Å². The molecule has 1 atom stereocenters. The number of halogens is 1. The van der Waals surface area contributed by atoms with Crippen LogP contribution >= 0.6 is 27.7 Å². The molecule has 1 amide bonds. The minimum atomic E-state index is -0.239. The van der Waals surface area contributed by atoms with Crippen molar-refractivity contribution in [3.05, 3.63) is 46.9 Å². The number of carbonyl (C=O) groups is 1. The van der Waals surface area contributed by atoms with Crippen LogP contribution < -0.4 is 14.8 Å². The molecule has 2 rings (SSSR count). The van der Waals surface area contributed by atoms with Gasteiger partial charge in [0.2, 0.25) is 5.91 Å². The summed E-state index contributed by atoms with van der Waals surface area (Å²) < 4.78 is 11.5. The number of benzene rings is 2. The zero-order valence-corrected chi connectivity index (χ0v) is 15.5. The minimum absolute atomic E-state index is 0.0490. The first-order valence-corrected chi connectivity index (χ1v) is 8.66. The fraction of sp³-hybridized carbons (Fsp3) is 0.235. The second-order valence-corrected chi connectivity index (χ2v) is 7.10. The molecule has 2 aromatic carbocycles. The molecule has 122 valence electrons. The highest BCUT2D eigenvalue weighted by Crippen LogP contribution is 2.33. The highest BCUT2D eigenvalue weighted by Gasteiger charge is 2.16. The van der Waals surface area contributed by atoms with Crippen LogP contribution in [0.5, 0.6) is 11.5 Å². The predicted molar refractivity (Wildman–Crippen MR) is 97.6 cm³/mol. The number of methoxy groups -OCH3 is 2. The van der Waals surface area contributed by atoms with Gasteiger partial charge in [0.25, 0.3) is 0 Å². The molecule has 0 spiro atoms. The van der Waals surface area contributed by atoms with Crippen molar-refractivity contribution in [2.45, 2.75) is 17.1 Å². The van der Waals surface area contributed by atoms with E-state index < -0.39 is 0 Å². The summed E-state index contributed by atoms with van der Waals surface area (Å²) in [4.78, 5) is 13.2. The predicted octanol–water partition coefficient (Wildman–Crippen LogP) is 4.59. The molecule has 0 aliphatic rings. The summed E-state index contributed by atoms with van der Waals surface area (Å²) in [5.41, 5.74) is 0.776. The lowest BCUT2D eigenvalue weighted by Crippen LogP contribution is -2.22. The Labute approximate surface area is 148 Å². The van der Waals surface area contributed by atoms with Crippen molar-refractivity contribution < 1.29 is 14.3 Å². The lowest BCUT2D eigenvalue weighted by molar-refractivity contribution is -0.115. The first-order chi connectivity index (χ1) is 11.0. The van der Waals surface area contributed by atoms with E-state index in [4.69, 9.17) is 9.47 Å². The molecule has 4 nitrogen and oxygen atoms in total. The second kappa shape index (κ2) is 8.26. The molecular weight excluding hydrogens is 378 g/mol. The number of rotatable bonds is 6. The van der Waals surface area contributed by atoms with Crippen molar-refractivity contribution in [1.82, 2.24) is 0 Å². The standard InChI is InChI=1S/C17H18BrNO3S/c1-11(17(20)19-13-6-4-12(18)5-7-13)23-14-8-9-15(21-2)16(10-14)22-3/h4-11H,1-3H3,(H,19,20)/t11-/m1/s1. The largest absolute Gasteiger partial charge is 0.493 e. The van der Waals surface area contributed by atoms with Crippen molar-refractivity contribution in [2.24, 2.45) is 0 Å². The number of hydrogen-bond acceptors (Lipinski definition) is 4. The van der Waals surface area contributed by atoms with Crippen LogP contribution in [-0.4, -0.2) is 25.4 Å². The van der Waals surface area contributed by atoms with Crippen LogP contribution in [0.25, 0.3) is 0 Å². The van der Waals surface area contributed by atoms with Crippen molar-refractivity contribution in [3.63, 3.8) is 0 Å². The summed E-state index contributed by atoms with van der Waals surface area (Å²) in [6, 6.07) is 13.1. The Morgan fingerprint density at radius 1 is 1.09 bits per heavy atom. The highest BCUT2D eigenvalue weighted by atomic mass is 79.9. The Morgan fingerprint density at radius 3 is 2.35 bits per heavy atom. The lowest BCUT2D eigenvalue weighted by atomic mass is 10.3. The van der Waals surface area contributed by atoms with Crippen LogP contribution in [0.1, 0.15) is 6.92 Å². The quantitative estimate of drug-likeness (QED) is 0.726. The molecule has 1 N–H and O–H groups in total. The van der Waals surface area contributed by atoms with Gasteiger partial charge in [0.15, 0.2) is 11.5 Å². The van der Waals surface area contributed by atoms with Gasteiger partial charge in [0, 0.05) is 15.1 Å². The number of thioether (sulfide) groups is 1. The third kappa shape index (κ3) is 4.91. The zero-order valence-electron chi connectivity index (χ0n) is 13.1. The van der Waals surface area contributed by atoms with E-state index in [0.717, 1.165) is 15.1 Å². The smallest absolute Gasteiger partial charge is 0.237 e. The van der Waals surface area contributed by atoms with Gasteiger partial charge in [0.05, 0.1) is 19.5 Å². The Kier molecular flexibility index (Phi) is 6.36. The molecule has 0 aliphatic heterocycles. The third-order valence-corrected chi connectivity index (χ3v) is 4.77. The SMILES string of the molecule is COc1ccc(S[C@H](C)C(=O)Nc2ccc(Br)cc2)cc1OC. The molecule has 0 saturated carbocycles. The summed E-state index contributed by atoms with van der Waals surface area (Å²) in [6.07, 6.45) is 0. The van der Waals surface area contributed by atoms with Gasteiger partial charge in [-0.2, -0.15) is 0 Å². The number of anilines is 1. The van der Waals surface area contributed by atoms with Crippen LogP contribution in [0.4, 0.5) is 5.69 Å². The maximum absolute atomic E-state index is 12.3. The number of carbonyl (C=O) groups excluding carboxylic acids is 1. The van der Waals surface area contributed by atoms with Crippen LogP contribution in [0, 0.1) is 0 Å². The molecule has 0 fully saturated rings. The van der Waals surface area contributed by atoms with E-state index >= 15 is 0 Å². The summed E-state index contributed by atoms with van der Waals surface area (Å²) >= 11 is 4.84. The normalized spacial score (nSPS) is 11.7. The molecule has 0 unspecified atom stereocenters. The Hall–Kier alpha value is -1.66. The molecule has 0 bridgehead atoms. The molecule has 0 aliphatic carbocycles. The Balaban J connectivity index is 2.01. The van der Waals surface area contributed by atoms with Gasteiger partial charge in [0.1, 0.15) is 0 Å². The first kappa shape index (κ1) is 17.7. The molecule has 6 heteroatoms. The van der Waals surface area contributed by atoms with Gasteiger partial charge in [-0.1, -0.05) is 15.9 Å². The van der Waals surface area contributed by atoms with E-state index in [2.05, 4.69) is 21.2 Å². The number of amides is 1. The fourth-order valence-electron chi connectivity index (χ4n) is 1.92. The molecule has 0 heterocycles. The average molecular weight is 396 g/mol. The third-order valence-electron chi connectivity index (χ3n) is 3.15. The second-order valence-electron chi connectivity index (χ2n) is 4.77. The maximum atomic E-state index is 12.3. The van der Waals surface area contributed by atoms with E-state index in [1.165, 1.54) is 11.8 Å². The lowest BCUT2D eigenvalue weighted by Gasteiger charge is -2.14. The van der Waals surface area contributed by atoms with Crippen LogP contribution in [0.3, 0.4) is 0 Å². The fourth-order valence-corrected chi connectivity index (χ4v) is 3.08. The van der Waals surface area contributed by atoms with Crippen molar-refractivity contribution in [1.29, 1.82) is 0 Å². The summed E-state index contributed by atoms with van der Waals surface area (Å²) in [5.74, 6) is 1.27. The van der Waals surface area contributed by atoms with Gasteiger partial charge in [-0.05, 0) is 49.4 Å². The summed E-state index contributed by atoms with van der Waals surface area (Å²) in [6.45, 7) is 1.87. The van der Waals surface area contributed by atoms with E-state index in [1.54, 1.807) is 14.2 Å². The van der Waals surface area contributed by atoms with Gasteiger partial charge in [-0.15, -0.1) is 11.8 Å². The van der Waals surface area contributed by atoms with Crippen molar-refractivity contribution in [3.8, 4) is 11.5 Å². The van der Waals surface area contributed by atoms with Gasteiger partial charge in [-0.3, -0.25) is 4.79 Å². The number of ether oxygens (including phenoxy) is 2. The van der Waals surface area contributed by atoms with Crippen LogP contribution in [0.15, 0.2) is 51.8 Å². The van der Waals surface area contributed by atoms with Crippen molar-refractivity contribution in [2.75, 3.05) is 19.5 Å². The molecule has 0 saturated heterocycles. The van der Waals surface area contributed by atoms with E-state index in [9.17, 15) is 4.79 Å². The number of nitrogens with one attached hydrogen (secondary N) is 1. The molecule has 23 heavy (non-hydrogen) atoms. The highest BCUT2D eigenvalue weighted by molar-refractivity contribution is 9.10. The first-order valence-electron chi connectivity index (χ1n) is 6.98. The summed E-state index contributed by atoms with van der Waals surface area (Å²) in [5, 5.41) is 2.66. The van der Waals surface area contributed by atoms with E-state index in [0.29, 0.717) is 11.5 Å². The van der Waals surface area contributed by atoms with Gasteiger partial charge in [-0.25, -0.2) is 0 Å². The minimum Gasteiger partial charge on any atom is -0.493 e. The molecular formula is C17H18BrNO3S. The molecule has 2 aromatic rings. The zero-order chi connectivity index (χ0) is 16.8.